The molecule has 1 amide bonds. The molecule has 0 atom stereocenters. The largest absolute Gasteiger partial charge is 0.496 e. The van der Waals surface area contributed by atoms with Crippen molar-refractivity contribution in [2.45, 2.75) is 5.75 Å². The molecule has 2 aromatic carbocycles. The Labute approximate surface area is 158 Å². The average molecular weight is 428 g/mol. The third-order valence-corrected chi connectivity index (χ3v) is 4.88. The van der Waals surface area contributed by atoms with Crippen LogP contribution >= 0.6 is 39.3 Å². The average Bonchev–Trinajstić information content (AvgIpc) is 2.57. The molecule has 4 nitrogen and oxygen atoms in total. The number of nitrogens with zero attached hydrogens (tertiary/aromatic N) is 1. The molecular formula is C17H16BrClN2O2S. The van der Waals surface area contributed by atoms with Crippen molar-refractivity contribution in [1.82, 2.24) is 5.43 Å². The second-order valence-corrected chi connectivity index (χ2v) is 7.07. The predicted octanol–water partition coefficient (Wildman–Crippen LogP) is 4.49. The van der Waals surface area contributed by atoms with Crippen LogP contribution in [0, 0.1) is 0 Å². The summed E-state index contributed by atoms with van der Waals surface area (Å²) in [5, 5.41) is 4.68. The lowest BCUT2D eigenvalue weighted by molar-refractivity contribution is -0.118. The molecule has 24 heavy (non-hydrogen) atoms. The van der Waals surface area contributed by atoms with E-state index in [0.717, 1.165) is 15.6 Å². The van der Waals surface area contributed by atoms with Gasteiger partial charge in [0, 0.05) is 20.8 Å². The Kier molecular flexibility index (Phi) is 7.62. The number of hydrogen-bond acceptors (Lipinski definition) is 4. The Morgan fingerprint density at radius 2 is 2.17 bits per heavy atom. The summed E-state index contributed by atoms with van der Waals surface area (Å²) in [5.74, 6) is 1.50. The summed E-state index contributed by atoms with van der Waals surface area (Å²) in [7, 11) is 1.59. The summed E-state index contributed by atoms with van der Waals surface area (Å²) in [6.07, 6.45) is 1.56. The van der Waals surface area contributed by atoms with Gasteiger partial charge in [-0.15, -0.1) is 11.8 Å². The maximum absolute atomic E-state index is 11.8. The molecule has 0 saturated heterocycles. The van der Waals surface area contributed by atoms with E-state index in [0.29, 0.717) is 22.3 Å². The number of hydrogen-bond donors (Lipinski definition) is 1. The van der Waals surface area contributed by atoms with E-state index in [9.17, 15) is 4.79 Å². The van der Waals surface area contributed by atoms with Crippen molar-refractivity contribution in [2.75, 3.05) is 12.9 Å². The van der Waals surface area contributed by atoms with Crippen LogP contribution in [-0.2, 0) is 10.5 Å². The van der Waals surface area contributed by atoms with Crippen LogP contribution in [0.25, 0.3) is 0 Å². The fourth-order valence-corrected chi connectivity index (χ4v) is 3.37. The van der Waals surface area contributed by atoms with E-state index < -0.39 is 0 Å². The predicted molar refractivity (Wildman–Crippen MR) is 104 cm³/mol. The molecule has 7 heteroatoms. The molecule has 0 heterocycles. The summed E-state index contributed by atoms with van der Waals surface area (Å²) in [6, 6.07) is 13.2. The summed E-state index contributed by atoms with van der Waals surface area (Å²) in [5.41, 5.74) is 4.30. The van der Waals surface area contributed by atoms with Crippen LogP contribution in [0.1, 0.15) is 11.1 Å². The molecule has 0 radical (unpaired) electrons. The van der Waals surface area contributed by atoms with Gasteiger partial charge in [-0.25, -0.2) is 5.43 Å². The van der Waals surface area contributed by atoms with Gasteiger partial charge in [-0.3, -0.25) is 4.79 Å². The van der Waals surface area contributed by atoms with Crippen molar-refractivity contribution < 1.29 is 9.53 Å². The zero-order valence-corrected chi connectivity index (χ0v) is 16.1. The smallest absolute Gasteiger partial charge is 0.250 e. The minimum absolute atomic E-state index is 0.169. The molecule has 0 aliphatic carbocycles. The highest BCUT2D eigenvalue weighted by molar-refractivity contribution is 9.10. The number of thioether (sulfide) groups is 1. The Hall–Kier alpha value is -1.50. The zero-order valence-electron chi connectivity index (χ0n) is 13.0. The van der Waals surface area contributed by atoms with E-state index in [1.807, 2.05) is 42.5 Å². The molecule has 0 aromatic heterocycles. The molecule has 2 rings (SSSR count). The lowest BCUT2D eigenvalue weighted by atomic mass is 10.2. The number of nitrogens with one attached hydrogen (secondary N) is 1. The van der Waals surface area contributed by atoms with Crippen molar-refractivity contribution in [1.29, 1.82) is 0 Å². The molecular weight excluding hydrogens is 412 g/mol. The van der Waals surface area contributed by atoms with Gasteiger partial charge in [0.2, 0.25) is 5.91 Å². The normalized spacial score (nSPS) is 10.8. The number of benzene rings is 2. The standard InChI is InChI=1S/C17H16BrClN2O2S/c1-23-16-7-6-14(18)8-13(16)9-20-21-17(22)11-24-10-12-4-2-3-5-15(12)19/h2-9H,10-11H2,1H3,(H,21,22)/b20-9+. The molecule has 0 saturated carbocycles. The zero-order chi connectivity index (χ0) is 17.4. The summed E-state index contributed by atoms with van der Waals surface area (Å²) in [4.78, 5) is 11.8. The number of rotatable bonds is 7. The van der Waals surface area contributed by atoms with Crippen LogP contribution in [0.3, 0.4) is 0 Å². The first-order valence-corrected chi connectivity index (χ1v) is 9.39. The van der Waals surface area contributed by atoms with Crippen molar-refractivity contribution >= 4 is 51.4 Å². The van der Waals surface area contributed by atoms with Gasteiger partial charge in [-0.2, -0.15) is 5.10 Å². The highest BCUT2D eigenvalue weighted by Crippen LogP contribution is 2.21. The van der Waals surface area contributed by atoms with Crippen molar-refractivity contribution in [3.63, 3.8) is 0 Å². The van der Waals surface area contributed by atoms with Gasteiger partial charge in [0.25, 0.3) is 0 Å². The number of halogens is 2. The quantitative estimate of drug-likeness (QED) is 0.523. The van der Waals surface area contributed by atoms with Crippen molar-refractivity contribution in [3.8, 4) is 5.75 Å². The van der Waals surface area contributed by atoms with E-state index in [4.69, 9.17) is 16.3 Å². The fraction of sp³-hybridized carbons (Fsp3) is 0.176. The number of amides is 1. The van der Waals surface area contributed by atoms with Gasteiger partial charge in [0.15, 0.2) is 0 Å². The Morgan fingerprint density at radius 3 is 2.92 bits per heavy atom. The third-order valence-electron chi connectivity index (χ3n) is 3.03. The minimum atomic E-state index is -0.169. The van der Waals surface area contributed by atoms with Gasteiger partial charge in [-0.05, 0) is 29.8 Å². The highest BCUT2D eigenvalue weighted by atomic mass is 79.9. The van der Waals surface area contributed by atoms with Crippen LogP contribution in [0.2, 0.25) is 5.02 Å². The van der Waals surface area contributed by atoms with Gasteiger partial charge < -0.3 is 4.74 Å². The van der Waals surface area contributed by atoms with Gasteiger partial charge in [-0.1, -0.05) is 45.7 Å². The van der Waals surface area contributed by atoms with E-state index >= 15 is 0 Å². The first kappa shape index (κ1) is 18.8. The molecule has 0 aliphatic rings. The maximum atomic E-state index is 11.8. The van der Waals surface area contributed by atoms with Crippen molar-refractivity contribution in [3.05, 3.63) is 63.1 Å². The maximum Gasteiger partial charge on any atom is 0.250 e. The molecule has 0 bridgehead atoms. The number of ether oxygens (including phenoxy) is 1. The van der Waals surface area contributed by atoms with Crippen LogP contribution in [-0.4, -0.2) is 25.0 Å². The van der Waals surface area contributed by atoms with Gasteiger partial charge in [0.05, 0.1) is 19.1 Å². The van der Waals surface area contributed by atoms with E-state index in [-0.39, 0.29) is 5.91 Å². The second kappa shape index (κ2) is 9.71. The summed E-state index contributed by atoms with van der Waals surface area (Å²) < 4.78 is 6.15. The monoisotopic (exact) mass is 426 g/mol. The minimum Gasteiger partial charge on any atom is -0.496 e. The number of carbonyl (C=O) groups is 1. The highest BCUT2D eigenvalue weighted by Gasteiger charge is 2.04. The number of hydrazone groups is 1. The lowest BCUT2D eigenvalue weighted by Gasteiger charge is -2.05. The van der Waals surface area contributed by atoms with Crippen LogP contribution < -0.4 is 10.2 Å². The number of methoxy groups -OCH3 is 1. The summed E-state index contributed by atoms with van der Waals surface area (Å²) >= 11 is 11.0. The first-order chi connectivity index (χ1) is 11.6. The molecule has 126 valence electrons. The topological polar surface area (TPSA) is 50.7 Å². The third kappa shape index (κ3) is 5.85. The van der Waals surface area contributed by atoms with Crippen LogP contribution in [0.15, 0.2) is 52.0 Å². The number of carbonyl (C=O) groups excluding carboxylic acids is 1. The van der Waals surface area contributed by atoms with E-state index in [2.05, 4.69) is 26.5 Å². The van der Waals surface area contributed by atoms with Crippen LogP contribution in [0.5, 0.6) is 5.75 Å². The molecule has 0 spiro atoms. The lowest BCUT2D eigenvalue weighted by Crippen LogP contribution is -2.19. The fourth-order valence-electron chi connectivity index (χ4n) is 1.88. The van der Waals surface area contributed by atoms with Gasteiger partial charge >= 0.3 is 0 Å². The molecule has 0 fully saturated rings. The molecule has 0 unspecified atom stereocenters. The SMILES string of the molecule is COc1ccc(Br)cc1/C=N/NC(=O)CSCc1ccccc1Cl. The van der Waals surface area contributed by atoms with E-state index in [1.165, 1.54) is 11.8 Å². The second-order valence-electron chi connectivity index (χ2n) is 4.76. The van der Waals surface area contributed by atoms with Crippen molar-refractivity contribution in [2.24, 2.45) is 5.10 Å². The molecule has 1 N–H and O–H groups in total. The van der Waals surface area contributed by atoms with E-state index in [1.54, 1.807) is 13.3 Å². The van der Waals surface area contributed by atoms with Crippen LogP contribution in [0.4, 0.5) is 0 Å². The van der Waals surface area contributed by atoms with Gasteiger partial charge in [0.1, 0.15) is 5.75 Å². The Balaban J connectivity index is 1.81. The summed E-state index contributed by atoms with van der Waals surface area (Å²) in [6.45, 7) is 0. The molecule has 2 aromatic rings. The Morgan fingerprint density at radius 1 is 1.38 bits per heavy atom. The molecule has 0 aliphatic heterocycles. The Bertz CT molecular complexity index is 740. The first-order valence-electron chi connectivity index (χ1n) is 7.06.